The van der Waals surface area contributed by atoms with Gasteiger partial charge in [0, 0.05) is 35.9 Å². The van der Waals surface area contributed by atoms with Crippen molar-refractivity contribution in [2.24, 2.45) is 10.7 Å². The molecule has 1 atom stereocenters. The van der Waals surface area contributed by atoms with Crippen LogP contribution < -0.4 is 16.7 Å². The summed E-state index contributed by atoms with van der Waals surface area (Å²) in [6.45, 7) is 7.72. The maximum atomic E-state index is 13.3. The summed E-state index contributed by atoms with van der Waals surface area (Å²) in [6.07, 6.45) is 6.05. The number of aromatic amines is 1. The molecule has 0 fully saturated rings. The zero-order valence-corrected chi connectivity index (χ0v) is 19.5. The molecule has 4 N–H and O–H groups in total. The Morgan fingerprint density at radius 3 is 2.77 bits per heavy atom. The van der Waals surface area contributed by atoms with Gasteiger partial charge in [0.05, 0.1) is 28.5 Å². The van der Waals surface area contributed by atoms with Gasteiger partial charge in [-0.1, -0.05) is 24.8 Å². The number of imidazole rings is 1. The van der Waals surface area contributed by atoms with Crippen molar-refractivity contribution >= 4 is 23.2 Å². The molecule has 35 heavy (non-hydrogen) atoms. The Morgan fingerprint density at radius 1 is 1.23 bits per heavy atom. The summed E-state index contributed by atoms with van der Waals surface area (Å²) >= 11 is 0. The van der Waals surface area contributed by atoms with E-state index in [9.17, 15) is 9.59 Å². The molecule has 1 amide bonds. The van der Waals surface area contributed by atoms with Crippen molar-refractivity contribution in [1.82, 2.24) is 19.9 Å². The lowest BCUT2D eigenvalue weighted by Crippen LogP contribution is -2.34. The predicted octanol–water partition coefficient (Wildman–Crippen LogP) is 3.86. The van der Waals surface area contributed by atoms with Gasteiger partial charge in [-0.3, -0.25) is 19.3 Å². The minimum absolute atomic E-state index is 0.294. The van der Waals surface area contributed by atoms with Crippen LogP contribution in [0.1, 0.15) is 22.8 Å². The summed E-state index contributed by atoms with van der Waals surface area (Å²) in [7, 11) is 0. The number of nitrogens with zero attached hydrogens (tertiary/aromatic N) is 3. The van der Waals surface area contributed by atoms with Crippen LogP contribution in [-0.4, -0.2) is 32.7 Å². The number of benzene rings is 2. The highest BCUT2D eigenvalue weighted by Crippen LogP contribution is 2.25. The number of nitrogens with one attached hydrogen (secondary N) is 2. The van der Waals surface area contributed by atoms with E-state index in [1.165, 1.54) is 18.6 Å². The van der Waals surface area contributed by atoms with Gasteiger partial charge in [0.25, 0.3) is 5.91 Å². The van der Waals surface area contributed by atoms with E-state index in [0.29, 0.717) is 39.1 Å². The molecule has 2 heterocycles. The van der Waals surface area contributed by atoms with Gasteiger partial charge in [-0.2, -0.15) is 0 Å². The Hall–Kier alpha value is -4.72. The molecule has 0 saturated heterocycles. The third-order valence-electron chi connectivity index (χ3n) is 5.55. The molecule has 4 rings (SSSR count). The summed E-state index contributed by atoms with van der Waals surface area (Å²) in [4.78, 5) is 37.5. The first-order valence-electron chi connectivity index (χ1n) is 11.0. The number of hydrogen-bond donors (Lipinski definition) is 3. The van der Waals surface area contributed by atoms with Gasteiger partial charge in [0.2, 0.25) is 0 Å². The molecule has 0 aliphatic rings. The summed E-state index contributed by atoms with van der Waals surface area (Å²) in [5.74, 6) is -0.315. The molecule has 176 valence electrons. The quantitative estimate of drug-likeness (QED) is 0.358. The molecule has 0 saturated carbocycles. The summed E-state index contributed by atoms with van der Waals surface area (Å²) < 4.78 is 1.55. The van der Waals surface area contributed by atoms with E-state index >= 15 is 0 Å². The van der Waals surface area contributed by atoms with Crippen molar-refractivity contribution in [2.45, 2.75) is 19.9 Å². The van der Waals surface area contributed by atoms with E-state index in [1.54, 1.807) is 22.9 Å². The van der Waals surface area contributed by atoms with Crippen LogP contribution >= 0.6 is 0 Å². The number of fused-ring (bicyclic) bond motifs is 1. The number of amides is 1. The van der Waals surface area contributed by atoms with Gasteiger partial charge < -0.3 is 16.0 Å². The summed E-state index contributed by atoms with van der Waals surface area (Å²) in [5.41, 5.74) is 10.4. The Balaban J connectivity index is 1.78. The van der Waals surface area contributed by atoms with Crippen LogP contribution in [0.5, 0.6) is 0 Å². The highest BCUT2D eigenvalue weighted by Gasteiger charge is 2.17. The number of aliphatic imine (C=N–C) groups is 1. The van der Waals surface area contributed by atoms with Crippen LogP contribution in [0.4, 0.5) is 0 Å². The van der Waals surface area contributed by atoms with Crippen molar-refractivity contribution in [3.63, 3.8) is 0 Å². The molecule has 0 spiro atoms. The highest BCUT2D eigenvalue weighted by molar-refractivity contribution is 5.97. The van der Waals surface area contributed by atoms with E-state index < -0.39 is 0 Å². The van der Waals surface area contributed by atoms with Crippen molar-refractivity contribution in [3.8, 4) is 16.9 Å². The maximum absolute atomic E-state index is 13.3. The van der Waals surface area contributed by atoms with Crippen molar-refractivity contribution in [2.75, 3.05) is 0 Å². The van der Waals surface area contributed by atoms with E-state index in [0.717, 1.165) is 5.56 Å². The number of rotatable bonds is 7. The van der Waals surface area contributed by atoms with E-state index in [2.05, 4.69) is 26.9 Å². The number of nitrogens with two attached hydrogens (primary N) is 1. The normalized spacial score (nSPS) is 12.4. The summed E-state index contributed by atoms with van der Waals surface area (Å²) in [6, 6.07) is 16.2. The lowest BCUT2D eigenvalue weighted by atomic mass is 10.0. The van der Waals surface area contributed by atoms with Gasteiger partial charge in [0.1, 0.15) is 0 Å². The third-order valence-corrected chi connectivity index (χ3v) is 5.55. The first kappa shape index (κ1) is 23.4. The number of carbonyl (C=O) groups excluding carboxylic acids is 1. The van der Waals surface area contributed by atoms with Crippen LogP contribution in [0.3, 0.4) is 0 Å². The lowest BCUT2D eigenvalue weighted by Gasteiger charge is -2.15. The minimum Gasteiger partial charge on any atom is -0.403 e. The average Bonchev–Trinajstić information content (AvgIpc) is 3.19. The zero-order valence-electron chi connectivity index (χ0n) is 19.5. The van der Waals surface area contributed by atoms with Crippen molar-refractivity contribution in [3.05, 3.63) is 107 Å². The second-order valence-corrected chi connectivity index (χ2v) is 8.16. The molecule has 8 heteroatoms. The number of aryl methyl sites for hydroxylation is 1. The van der Waals surface area contributed by atoms with Crippen molar-refractivity contribution in [1.29, 1.82) is 0 Å². The van der Waals surface area contributed by atoms with Gasteiger partial charge in [-0.05, 0) is 61.4 Å². The number of hydrogen-bond acceptors (Lipinski definition) is 5. The largest absolute Gasteiger partial charge is 0.403 e. The van der Waals surface area contributed by atoms with E-state index in [4.69, 9.17) is 5.73 Å². The van der Waals surface area contributed by atoms with Crippen LogP contribution in [0.25, 0.3) is 28.0 Å². The van der Waals surface area contributed by atoms with Crippen molar-refractivity contribution < 1.29 is 4.79 Å². The molecule has 4 aromatic rings. The fraction of sp³-hybridized carbons (Fsp3) is 0.111. The van der Waals surface area contributed by atoms with Gasteiger partial charge >= 0.3 is 5.69 Å². The van der Waals surface area contributed by atoms with Crippen LogP contribution in [0, 0.1) is 6.92 Å². The van der Waals surface area contributed by atoms with Crippen LogP contribution in [-0.2, 0) is 0 Å². The zero-order chi connectivity index (χ0) is 24.9. The number of pyridine rings is 1. The van der Waals surface area contributed by atoms with E-state index in [-0.39, 0.29) is 17.6 Å². The number of H-pyrrole nitrogens is 1. The number of aromatic nitrogens is 3. The Labute approximate surface area is 202 Å². The lowest BCUT2D eigenvalue weighted by molar-refractivity contribution is 0.0946. The van der Waals surface area contributed by atoms with Crippen LogP contribution in [0.15, 0.2) is 95.1 Å². The molecular formula is C27H26N6O2. The Morgan fingerprint density at radius 2 is 2.03 bits per heavy atom. The van der Waals surface area contributed by atoms with Gasteiger partial charge in [0.15, 0.2) is 0 Å². The Kier molecular flexibility index (Phi) is 6.73. The molecule has 0 aliphatic heterocycles. The van der Waals surface area contributed by atoms with Gasteiger partial charge in [-0.15, -0.1) is 0 Å². The first-order chi connectivity index (χ1) is 16.9. The standard InChI is InChI=1S/C27H26N6O2/c1-17-8-9-23(30-15-17)20-12-21(26(34)31-19(3)18(2)16-29-11-10-28)14-22(13-20)33-25-7-5-4-6-24(25)32-27(33)35/h4-16,19H,2,28H2,1,3H3,(H,31,34)(H,32,35)/b11-10-,29-16-. The average molecular weight is 467 g/mol. The number of para-hydroxylation sites is 2. The fourth-order valence-electron chi connectivity index (χ4n) is 3.64. The monoisotopic (exact) mass is 466 g/mol. The van der Waals surface area contributed by atoms with Crippen LogP contribution in [0.2, 0.25) is 0 Å². The first-order valence-corrected chi connectivity index (χ1v) is 11.0. The summed E-state index contributed by atoms with van der Waals surface area (Å²) in [5, 5.41) is 2.93. The highest BCUT2D eigenvalue weighted by atomic mass is 16.2. The second kappa shape index (κ2) is 10.0. The Bertz CT molecular complexity index is 1510. The third kappa shape index (κ3) is 5.11. The second-order valence-electron chi connectivity index (χ2n) is 8.16. The molecule has 2 aromatic carbocycles. The molecule has 0 aliphatic carbocycles. The number of carbonyl (C=O) groups is 1. The molecule has 0 radical (unpaired) electrons. The predicted molar refractivity (Wildman–Crippen MR) is 140 cm³/mol. The minimum atomic E-state index is -0.377. The SMILES string of the molecule is C=C(/C=N\C=C/N)C(C)NC(=O)c1cc(-c2ccc(C)cn2)cc(-n2c(=O)[nH]c3ccccc32)c1. The molecule has 8 nitrogen and oxygen atoms in total. The maximum Gasteiger partial charge on any atom is 0.331 e. The smallest absolute Gasteiger partial charge is 0.331 e. The van der Waals surface area contributed by atoms with E-state index in [1.807, 2.05) is 56.3 Å². The molecular weight excluding hydrogens is 440 g/mol. The molecule has 2 aromatic heterocycles. The topological polar surface area (TPSA) is 118 Å². The molecule has 0 bridgehead atoms. The van der Waals surface area contributed by atoms with Gasteiger partial charge in [-0.25, -0.2) is 4.79 Å². The fourth-order valence-corrected chi connectivity index (χ4v) is 3.64. The molecule has 1 unspecified atom stereocenters.